The quantitative estimate of drug-likeness (QED) is 0.917. The van der Waals surface area contributed by atoms with Gasteiger partial charge in [-0.25, -0.2) is 4.39 Å². The first-order chi connectivity index (χ1) is 7.03. The van der Waals surface area contributed by atoms with Crippen molar-refractivity contribution in [1.82, 2.24) is 5.32 Å². The predicted octanol–water partition coefficient (Wildman–Crippen LogP) is 2.94. The van der Waals surface area contributed by atoms with Gasteiger partial charge in [-0.15, -0.1) is 0 Å². The minimum absolute atomic E-state index is 0.362. The molecule has 0 spiro atoms. The molecule has 0 fully saturated rings. The van der Waals surface area contributed by atoms with Gasteiger partial charge in [-0.3, -0.25) is 5.32 Å². The summed E-state index contributed by atoms with van der Waals surface area (Å²) in [5, 5.41) is 12.1. The lowest BCUT2D eigenvalue weighted by molar-refractivity contribution is 0.453. The van der Waals surface area contributed by atoms with Crippen LogP contribution in [0.2, 0.25) is 0 Å². The van der Waals surface area contributed by atoms with Gasteiger partial charge in [0.2, 0.25) is 0 Å². The van der Waals surface area contributed by atoms with Crippen LogP contribution >= 0.6 is 15.9 Å². The van der Waals surface area contributed by atoms with Crippen LogP contribution in [-0.2, 0) is 5.54 Å². The molecule has 1 rings (SSSR count). The second-order valence-electron chi connectivity index (χ2n) is 3.39. The minimum atomic E-state index is -0.984. The summed E-state index contributed by atoms with van der Waals surface area (Å²) < 4.78 is 14.3. The Bertz CT molecular complexity index is 400. The van der Waals surface area contributed by atoms with Crippen molar-refractivity contribution in [3.05, 3.63) is 34.1 Å². The molecule has 0 bridgehead atoms. The number of nitriles is 1. The van der Waals surface area contributed by atoms with Gasteiger partial charge < -0.3 is 0 Å². The Morgan fingerprint density at radius 2 is 2.27 bits per heavy atom. The van der Waals surface area contributed by atoms with Gasteiger partial charge in [-0.1, -0.05) is 22.9 Å². The van der Waals surface area contributed by atoms with Gasteiger partial charge in [0.1, 0.15) is 11.4 Å². The van der Waals surface area contributed by atoms with Crippen LogP contribution in [0.1, 0.15) is 19.4 Å². The summed E-state index contributed by atoms with van der Waals surface area (Å²) in [4.78, 5) is 0. The fraction of sp³-hybridized carbons (Fsp3) is 0.364. The van der Waals surface area contributed by atoms with Gasteiger partial charge in [0, 0.05) is 10.0 Å². The molecule has 1 aromatic rings. The summed E-state index contributed by atoms with van der Waals surface area (Å²) in [6.45, 7) is 4.16. The molecule has 80 valence electrons. The number of nitrogens with one attached hydrogen (secondary N) is 1. The Morgan fingerprint density at radius 3 is 2.80 bits per heavy atom. The number of hydrogen-bond acceptors (Lipinski definition) is 2. The van der Waals surface area contributed by atoms with E-state index in [0.29, 0.717) is 12.1 Å². The lowest BCUT2D eigenvalue weighted by Crippen LogP contribution is -2.38. The van der Waals surface area contributed by atoms with Crippen molar-refractivity contribution < 1.29 is 4.39 Å². The molecule has 0 aliphatic heterocycles. The van der Waals surface area contributed by atoms with Crippen LogP contribution in [0.5, 0.6) is 0 Å². The third-order valence-corrected chi connectivity index (χ3v) is 2.71. The summed E-state index contributed by atoms with van der Waals surface area (Å²) in [5.41, 5.74) is -0.621. The normalized spacial score (nSPS) is 14.3. The monoisotopic (exact) mass is 270 g/mol. The number of benzene rings is 1. The molecule has 0 aromatic heterocycles. The Labute approximate surface area is 97.2 Å². The maximum atomic E-state index is 13.6. The Hall–Kier alpha value is -0.920. The molecule has 0 radical (unpaired) electrons. The maximum absolute atomic E-state index is 13.6. The van der Waals surface area contributed by atoms with Crippen LogP contribution in [0.3, 0.4) is 0 Å². The average molecular weight is 271 g/mol. The highest BCUT2D eigenvalue weighted by atomic mass is 79.9. The van der Waals surface area contributed by atoms with Crippen LogP contribution < -0.4 is 5.32 Å². The van der Waals surface area contributed by atoms with Gasteiger partial charge >= 0.3 is 0 Å². The molecule has 0 aliphatic carbocycles. The summed E-state index contributed by atoms with van der Waals surface area (Å²) in [5.74, 6) is -0.372. The van der Waals surface area contributed by atoms with Crippen LogP contribution in [0.25, 0.3) is 0 Å². The highest BCUT2D eigenvalue weighted by molar-refractivity contribution is 9.10. The fourth-order valence-electron chi connectivity index (χ4n) is 1.43. The summed E-state index contributed by atoms with van der Waals surface area (Å²) in [6, 6.07) is 6.69. The molecular formula is C11H12BrFN2. The predicted molar refractivity (Wildman–Crippen MR) is 60.7 cm³/mol. The first-order valence-corrected chi connectivity index (χ1v) is 5.44. The van der Waals surface area contributed by atoms with E-state index in [4.69, 9.17) is 5.26 Å². The zero-order chi connectivity index (χ0) is 11.5. The SMILES string of the molecule is CCNC(C)(C#N)c1cc(Br)ccc1F. The van der Waals surface area contributed by atoms with Gasteiger partial charge in [-0.2, -0.15) is 5.26 Å². The van der Waals surface area contributed by atoms with E-state index in [0.717, 1.165) is 4.47 Å². The number of rotatable bonds is 3. The maximum Gasteiger partial charge on any atom is 0.132 e. The molecule has 1 aromatic carbocycles. The summed E-state index contributed by atoms with van der Waals surface area (Å²) >= 11 is 3.27. The molecule has 0 heterocycles. The van der Waals surface area contributed by atoms with Crippen LogP contribution in [0.4, 0.5) is 4.39 Å². The molecule has 0 aliphatic rings. The topological polar surface area (TPSA) is 35.8 Å². The van der Waals surface area contributed by atoms with E-state index in [9.17, 15) is 4.39 Å². The molecule has 0 saturated carbocycles. The number of nitrogens with zero attached hydrogens (tertiary/aromatic N) is 1. The van der Waals surface area contributed by atoms with Crippen molar-refractivity contribution in [3.63, 3.8) is 0 Å². The van der Waals surface area contributed by atoms with E-state index in [2.05, 4.69) is 27.3 Å². The molecule has 1 atom stereocenters. The number of hydrogen-bond donors (Lipinski definition) is 1. The van der Waals surface area contributed by atoms with Crippen LogP contribution in [-0.4, -0.2) is 6.54 Å². The van der Waals surface area contributed by atoms with E-state index in [1.165, 1.54) is 6.07 Å². The largest absolute Gasteiger partial charge is 0.296 e. The second-order valence-corrected chi connectivity index (χ2v) is 4.31. The summed E-state index contributed by atoms with van der Waals surface area (Å²) in [6.07, 6.45) is 0. The van der Waals surface area contributed by atoms with E-state index >= 15 is 0 Å². The minimum Gasteiger partial charge on any atom is -0.296 e. The van der Waals surface area contributed by atoms with Gasteiger partial charge in [0.15, 0.2) is 0 Å². The average Bonchev–Trinajstić information content (AvgIpc) is 2.22. The molecule has 2 nitrogen and oxygen atoms in total. The first kappa shape index (κ1) is 12.2. The van der Waals surface area contributed by atoms with Crippen molar-refractivity contribution in [2.75, 3.05) is 6.54 Å². The van der Waals surface area contributed by atoms with E-state index in [1.54, 1.807) is 19.1 Å². The molecular weight excluding hydrogens is 259 g/mol. The smallest absolute Gasteiger partial charge is 0.132 e. The lowest BCUT2D eigenvalue weighted by atomic mass is 9.93. The molecule has 0 saturated heterocycles. The second kappa shape index (κ2) is 4.73. The highest BCUT2D eigenvalue weighted by Crippen LogP contribution is 2.26. The molecule has 1 N–H and O–H groups in total. The van der Waals surface area contributed by atoms with Gasteiger partial charge in [0.05, 0.1) is 6.07 Å². The molecule has 1 unspecified atom stereocenters. The zero-order valence-electron chi connectivity index (χ0n) is 8.64. The summed E-state index contributed by atoms with van der Waals surface area (Å²) in [7, 11) is 0. The van der Waals surface area contributed by atoms with E-state index < -0.39 is 5.54 Å². The molecule has 15 heavy (non-hydrogen) atoms. The fourth-order valence-corrected chi connectivity index (χ4v) is 1.79. The third-order valence-electron chi connectivity index (χ3n) is 2.22. The highest BCUT2D eigenvalue weighted by Gasteiger charge is 2.28. The zero-order valence-corrected chi connectivity index (χ0v) is 10.2. The van der Waals surface area contributed by atoms with Gasteiger partial charge in [0.25, 0.3) is 0 Å². The Kier molecular flexibility index (Phi) is 3.83. The van der Waals surface area contributed by atoms with Crippen LogP contribution in [0, 0.1) is 17.1 Å². The lowest BCUT2D eigenvalue weighted by Gasteiger charge is -2.23. The number of halogens is 2. The van der Waals surface area contributed by atoms with E-state index in [1.807, 2.05) is 6.92 Å². The van der Waals surface area contributed by atoms with Gasteiger partial charge in [-0.05, 0) is 31.7 Å². The molecule has 0 amide bonds. The van der Waals surface area contributed by atoms with Crippen molar-refractivity contribution in [2.45, 2.75) is 19.4 Å². The van der Waals surface area contributed by atoms with Crippen molar-refractivity contribution in [3.8, 4) is 6.07 Å². The van der Waals surface area contributed by atoms with Crippen molar-refractivity contribution in [2.24, 2.45) is 0 Å². The Morgan fingerprint density at radius 1 is 1.60 bits per heavy atom. The Balaban J connectivity index is 3.24. The standard InChI is InChI=1S/C11H12BrFN2/c1-3-15-11(2,7-14)9-6-8(12)4-5-10(9)13/h4-6,15H,3H2,1-2H3. The van der Waals surface area contributed by atoms with Crippen LogP contribution in [0.15, 0.2) is 22.7 Å². The van der Waals surface area contributed by atoms with E-state index in [-0.39, 0.29) is 5.82 Å². The van der Waals surface area contributed by atoms with Crippen molar-refractivity contribution in [1.29, 1.82) is 5.26 Å². The third kappa shape index (κ3) is 2.55. The molecule has 4 heteroatoms. The van der Waals surface area contributed by atoms with Crippen molar-refractivity contribution >= 4 is 15.9 Å². The first-order valence-electron chi connectivity index (χ1n) is 4.65.